The maximum absolute atomic E-state index is 14.4. The van der Waals surface area contributed by atoms with Crippen LogP contribution in [0.5, 0.6) is 5.75 Å². The Kier molecular flexibility index (Phi) is 7.95. The maximum Gasteiger partial charge on any atom is 0.573 e. The summed E-state index contributed by atoms with van der Waals surface area (Å²) in [5, 5.41) is 0. The number of ether oxygens (including phenoxy) is 1. The van der Waals surface area contributed by atoms with Crippen LogP contribution in [-0.4, -0.2) is 6.36 Å². The third-order valence-electron chi connectivity index (χ3n) is 6.08. The van der Waals surface area contributed by atoms with Crippen molar-refractivity contribution in [1.29, 1.82) is 0 Å². The molecule has 0 radical (unpaired) electrons. The van der Waals surface area contributed by atoms with Crippen LogP contribution in [0.4, 0.5) is 22.0 Å². The molecule has 1 aliphatic carbocycles. The first kappa shape index (κ1) is 23.6. The summed E-state index contributed by atoms with van der Waals surface area (Å²) in [6, 6.07) is 9.63. The number of unbranched alkanes of at least 4 members (excludes halogenated alkanes) is 3. The number of alkyl halides is 3. The van der Waals surface area contributed by atoms with Gasteiger partial charge in [0.15, 0.2) is 11.6 Å². The molecule has 2 aromatic rings. The van der Waals surface area contributed by atoms with E-state index in [-0.39, 0.29) is 17.9 Å². The highest BCUT2D eigenvalue weighted by Crippen LogP contribution is 2.37. The second kappa shape index (κ2) is 10.5. The largest absolute Gasteiger partial charge is 0.573 e. The van der Waals surface area contributed by atoms with Crippen LogP contribution < -0.4 is 4.74 Å². The third kappa shape index (κ3) is 6.68. The first-order chi connectivity index (χ1) is 14.8. The summed E-state index contributed by atoms with van der Waals surface area (Å²) in [5.74, 6) is -3.63. The predicted molar refractivity (Wildman–Crippen MR) is 111 cm³/mol. The van der Waals surface area contributed by atoms with Gasteiger partial charge in [-0.25, -0.2) is 8.78 Å². The summed E-state index contributed by atoms with van der Waals surface area (Å²) in [5.41, 5.74) is 3.16. The molecule has 0 bridgehead atoms. The van der Waals surface area contributed by atoms with Crippen LogP contribution in [0.2, 0.25) is 0 Å². The van der Waals surface area contributed by atoms with Gasteiger partial charge in [0.2, 0.25) is 5.75 Å². The standard InChI is InChI=1S/C25H29F5O/c1-2-3-4-5-6-17-7-9-18(10-8-17)11-12-19-13-14-21-20(15-19)16-22(26)24(23(21)27)31-25(28,29)30/h7-10,16,19H,2-6,11-15H2,1H3. The predicted octanol–water partition coefficient (Wildman–Crippen LogP) is 7.72. The van der Waals surface area contributed by atoms with Crippen molar-refractivity contribution in [1.82, 2.24) is 0 Å². The molecule has 0 fully saturated rings. The van der Waals surface area contributed by atoms with Crippen LogP contribution in [0, 0.1) is 17.6 Å². The van der Waals surface area contributed by atoms with Crippen molar-refractivity contribution in [2.45, 2.75) is 77.5 Å². The van der Waals surface area contributed by atoms with Crippen LogP contribution in [0.1, 0.15) is 67.7 Å². The second-order valence-electron chi connectivity index (χ2n) is 8.46. The van der Waals surface area contributed by atoms with Gasteiger partial charge in [0.25, 0.3) is 0 Å². The van der Waals surface area contributed by atoms with Gasteiger partial charge in [0, 0.05) is 0 Å². The molecule has 0 saturated heterocycles. The van der Waals surface area contributed by atoms with Crippen LogP contribution >= 0.6 is 0 Å². The molecule has 31 heavy (non-hydrogen) atoms. The monoisotopic (exact) mass is 440 g/mol. The van der Waals surface area contributed by atoms with Crippen LogP contribution in [0.15, 0.2) is 30.3 Å². The van der Waals surface area contributed by atoms with Crippen molar-refractivity contribution in [3.05, 3.63) is 64.2 Å². The van der Waals surface area contributed by atoms with Gasteiger partial charge in [-0.3, -0.25) is 0 Å². The summed E-state index contributed by atoms with van der Waals surface area (Å²) in [4.78, 5) is 0. The third-order valence-corrected chi connectivity index (χ3v) is 6.08. The molecular formula is C25H29F5O. The number of hydrogen-bond acceptors (Lipinski definition) is 1. The average Bonchev–Trinajstić information content (AvgIpc) is 2.73. The van der Waals surface area contributed by atoms with Crippen molar-refractivity contribution in [2.75, 3.05) is 0 Å². The Bertz CT molecular complexity index is 858. The molecule has 0 saturated carbocycles. The Morgan fingerprint density at radius 3 is 2.29 bits per heavy atom. The lowest BCUT2D eigenvalue weighted by Gasteiger charge is -2.26. The van der Waals surface area contributed by atoms with E-state index in [9.17, 15) is 22.0 Å². The molecule has 170 valence electrons. The SMILES string of the molecule is CCCCCCc1ccc(CCC2CCc3c(cc(F)c(OC(F)(F)F)c3F)C2)cc1. The van der Waals surface area contributed by atoms with Crippen molar-refractivity contribution in [3.8, 4) is 5.75 Å². The first-order valence-electron chi connectivity index (χ1n) is 11.1. The summed E-state index contributed by atoms with van der Waals surface area (Å²) < 4.78 is 69.3. The molecular weight excluding hydrogens is 411 g/mol. The number of aryl methyl sites for hydroxylation is 2. The Hall–Kier alpha value is -2.11. The fourth-order valence-corrected chi connectivity index (χ4v) is 4.36. The van der Waals surface area contributed by atoms with E-state index in [1.54, 1.807) is 0 Å². The van der Waals surface area contributed by atoms with Gasteiger partial charge in [0.1, 0.15) is 0 Å². The molecule has 0 spiro atoms. The molecule has 3 rings (SSSR count). The van der Waals surface area contributed by atoms with E-state index in [1.807, 2.05) is 0 Å². The topological polar surface area (TPSA) is 9.23 Å². The zero-order valence-corrected chi connectivity index (χ0v) is 17.8. The van der Waals surface area contributed by atoms with Crippen LogP contribution in [-0.2, 0) is 25.7 Å². The van der Waals surface area contributed by atoms with Gasteiger partial charge in [-0.05, 0) is 79.2 Å². The molecule has 1 unspecified atom stereocenters. The molecule has 2 aromatic carbocycles. The highest BCUT2D eigenvalue weighted by atomic mass is 19.4. The van der Waals surface area contributed by atoms with E-state index in [2.05, 4.69) is 35.9 Å². The Labute approximate surface area is 180 Å². The normalized spacial score (nSPS) is 16.3. The van der Waals surface area contributed by atoms with E-state index in [0.29, 0.717) is 18.4 Å². The van der Waals surface area contributed by atoms with Crippen LogP contribution in [0.3, 0.4) is 0 Å². The Morgan fingerprint density at radius 2 is 1.65 bits per heavy atom. The number of rotatable bonds is 9. The molecule has 0 N–H and O–H groups in total. The molecule has 0 aliphatic heterocycles. The fraction of sp³-hybridized carbons (Fsp3) is 0.520. The number of hydrogen-bond donors (Lipinski definition) is 0. The minimum Gasteiger partial charge on any atom is -0.399 e. The first-order valence-corrected chi connectivity index (χ1v) is 11.1. The minimum atomic E-state index is -5.13. The molecule has 1 aliphatic rings. The van der Waals surface area contributed by atoms with E-state index in [4.69, 9.17) is 0 Å². The molecule has 1 nitrogen and oxygen atoms in total. The average molecular weight is 440 g/mol. The van der Waals surface area contributed by atoms with Crippen molar-refractivity contribution in [2.24, 2.45) is 5.92 Å². The zero-order valence-electron chi connectivity index (χ0n) is 17.8. The quantitative estimate of drug-likeness (QED) is 0.286. The summed E-state index contributed by atoms with van der Waals surface area (Å²) in [6.45, 7) is 2.20. The van der Waals surface area contributed by atoms with Crippen molar-refractivity contribution < 1.29 is 26.7 Å². The molecule has 0 heterocycles. The molecule has 1 atom stereocenters. The maximum atomic E-state index is 14.4. The van der Waals surface area contributed by atoms with Gasteiger partial charge < -0.3 is 4.74 Å². The van der Waals surface area contributed by atoms with Crippen molar-refractivity contribution in [3.63, 3.8) is 0 Å². The van der Waals surface area contributed by atoms with E-state index < -0.39 is 23.7 Å². The molecule has 6 heteroatoms. The van der Waals surface area contributed by atoms with Gasteiger partial charge in [-0.2, -0.15) is 0 Å². The molecule has 0 aromatic heterocycles. The van der Waals surface area contributed by atoms with Gasteiger partial charge >= 0.3 is 6.36 Å². The second-order valence-corrected chi connectivity index (χ2v) is 8.46. The number of fused-ring (bicyclic) bond motifs is 1. The van der Waals surface area contributed by atoms with Gasteiger partial charge in [-0.1, -0.05) is 50.5 Å². The van der Waals surface area contributed by atoms with Gasteiger partial charge in [-0.15, -0.1) is 13.2 Å². The Balaban J connectivity index is 1.56. The zero-order chi connectivity index (χ0) is 22.4. The molecule has 0 amide bonds. The lowest BCUT2D eigenvalue weighted by molar-refractivity contribution is -0.276. The highest BCUT2D eigenvalue weighted by Gasteiger charge is 2.36. The smallest absolute Gasteiger partial charge is 0.399 e. The number of halogens is 5. The van der Waals surface area contributed by atoms with E-state index in [1.165, 1.54) is 36.8 Å². The van der Waals surface area contributed by atoms with E-state index in [0.717, 1.165) is 25.3 Å². The highest BCUT2D eigenvalue weighted by molar-refractivity contribution is 5.41. The van der Waals surface area contributed by atoms with Crippen LogP contribution in [0.25, 0.3) is 0 Å². The van der Waals surface area contributed by atoms with Crippen molar-refractivity contribution >= 4 is 0 Å². The fourth-order valence-electron chi connectivity index (χ4n) is 4.36. The van der Waals surface area contributed by atoms with Gasteiger partial charge in [0.05, 0.1) is 0 Å². The van der Waals surface area contributed by atoms with E-state index >= 15 is 0 Å². The lowest BCUT2D eigenvalue weighted by atomic mass is 9.80. The number of benzene rings is 2. The summed E-state index contributed by atoms with van der Waals surface area (Å²) in [7, 11) is 0. The minimum absolute atomic E-state index is 0.143. The summed E-state index contributed by atoms with van der Waals surface area (Å²) >= 11 is 0. The summed E-state index contributed by atoms with van der Waals surface area (Å²) in [6.07, 6.45) is 4.09. The Morgan fingerprint density at radius 1 is 0.968 bits per heavy atom. The lowest BCUT2D eigenvalue weighted by Crippen LogP contribution is -2.22.